The number of rotatable bonds is 7. The molecule has 17 heavy (non-hydrogen) atoms. The van der Waals surface area contributed by atoms with E-state index >= 15 is 0 Å². The van der Waals surface area contributed by atoms with Crippen LogP contribution in [0, 0.1) is 6.92 Å². The lowest BCUT2D eigenvalue weighted by Crippen LogP contribution is -2.28. The summed E-state index contributed by atoms with van der Waals surface area (Å²) >= 11 is 0. The Hall–Kier alpha value is -1.06. The van der Waals surface area contributed by atoms with Crippen molar-refractivity contribution < 1.29 is 21.9 Å². The first-order valence-electron chi connectivity index (χ1n) is 4.79. The maximum Gasteiger partial charge on any atom is 0.261 e. The second kappa shape index (κ2) is 6.03. The Morgan fingerprint density at radius 3 is 2.82 bits per heavy atom. The Labute approximate surface area is 97.4 Å². The number of nitrogens with zero attached hydrogens (tertiary/aromatic N) is 1. The Kier molecular flexibility index (Phi) is 4.97. The van der Waals surface area contributed by atoms with E-state index in [9.17, 15) is 17.2 Å². The predicted octanol–water partition coefficient (Wildman–Crippen LogP) is 0.278. The first-order valence-corrected chi connectivity index (χ1v) is 6.27. The molecule has 0 spiro atoms. The van der Waals surface area contributed by atoms with Crippen LogP contribution in [0.2, 0.25) is 0 Å². The van der Waals surface area contributed by atoms with Crippen LogP contribution >= 0.6 is 0 Å². The molecule has 0 aliphatic carbocycles. The molecule has 0 fully saturated rings. The summed E-state index contributed by atoms with van der Waals surface area (Å²) in [5.41, 5.74) is 0.408. The smallest absolute Gasteiger partial charge is 0.261 e. The molecule has 6 nitrogen and oxygen atoms in total. The van der Waals surface area contributed by atoms with Crippen LogP contribution < -0.4 is 4.72 Å². The van der Waals surface area contributed by atoms with Gasteiger partial charge in [-0.25, -0.2) is 21.9 Å². The summed E-state index contributed by atoms with van der Waals surface area (Å²) in [5, 5.41) is 6.07. The average Bonchev–Trinajstić information content (AvgIpc) is 2.64. The Morgan fingerprint density at radius 2 is 2.29 bits per heavy atom. The minimum atomic E-state index is -3.66. The molecule has 1 heterocycles. The fraction of sp³-hybridized carbons (Fsp3) is 0.625. The topological polar surface area (TPSA) is 84.1 Å². The number of aryl methyl sites for hydroxylation is 1. The summed E-state index contributed by atoms with van der Waals surface area (Å²) in [6.45, 7) is 0.682. The van der Waals surface area contributed by atoms with Crippen LogP contribution in [0.3, 0.4) is 0 Å². The van der Waals surface area contributed by atoms with E-state index in [1.807, 2.05) is 0 Å². The van der Waals surface area contributed by atoms with Crippen molar-refractivity contribution in [2.45, 2.75) is 18.2 Å². The predicted molar refractivity (Wildman–Crippen MR) is 55.3 cm³/mol. The third-order valence-corrected chi connectivity index (χ3v) is 3.43. The van der Waals surface area contributed by atoms with Crippen LogP contribution in [0.5, 0.6) is 0 Å². The first-order chi connectivity index (χ1) is 7.93. The second-order valence-electron chi connectivity index (χ2n) is 3.22. The van der Waals surface area contributed by atoms with Crippen molar-refractivity contribution in [3.05, 3.63) is 11.9 Å². The zero-order chi connectivity index (χ0) is 12.9. The van der Waals surface area contributed by atoms with Crippen molar-refractivity contribution in [2.75, 3.05) is 19.8 Å². The summed E-state index contributed by atoms with van der Waals surface area (Å²) in [6, 6.07) is 0. The highest BCUT2D eigenvalue weighted by molar-refractivity contribution is 7.89. The van der Waals surface area contributed by atoms with Crippen molar-refractivity contribution >= 4 is 10.0 Å². The molecule has 2 N–H and O–H groups in total. The lowest BCUT2D eigenvalue weighted by atomic mass is 10.5. The first kappa shape index (κ1) is 14.0. The number of hydrogen-bond donors (Lipinski definition) is 2. The quantitative estimate of drug-likeness (QED) is 0.696. The van der Waals surface area contributed by atoms with Crippen LogP contribution in [0.25, 0.3) is 0 Å². The SMILES string of the molecule is Cc1[nH]ncc1S(=O)(=O)NCCOCC(F)F. The molecular weight excluding hydrogens is 256 g/mol. The number of aromatic amines is 1. The van der Waals surface area contributed by atoms with Gasteiger partial charge < -0.3 is 4.74 Å². The lowest BCUT2D eigenvalue weighted by Gasteiger charge is -2.06. The van der Waals surface area contributed by atoms with Crippen molar-refractivity contribution in [1.82, 2.24) is 14.9 Å². The molecule has 0 saturated heterocycles. The van der Waals surface area contributed by atoms with Crippen LogP contribution in [-0.2, 0) is 14.8 Å². The third-order valence-electron chi connectivity index (χ3n) is 1.86. The van der Waals surface area contributed by atoms with Gasteiger partial charge in [-0.1, -0.05) is 0 Å². The van der Waals surface area contributed by atoms with E-state index in [0.717, 1.165) is 0 Å². The normalized spacial score (nSPS) is 12.2. The molecule has 1 aromatic rings. The molecule has 9 heteroatoms. The van der Waals surface area contributed by atoms with E-state index in [1.54, 1.807) is 6.92 Å². The molecule has 0 amide bonds. The van der Waals surface area contributed by atoms with Crippen LogP contribution in [0.4, 0.5) is 8.78 Å². The molecule has 0 aliphatic heterocycles. The van der Waals surface area contributed by atoms with E-state index < -0.39 is 23.1 Å². The van der Waals surface area contributed by atoms with Gasteiger partial charge in [-0.3, -0.25) is 5.10 Å². The number of hydrogen-bond acceptors (Lipinski definition) is 4. The summed E-state index contributed by atoms with van der Waals surface area (Å²) in [6.07, 6.45) is -1.37. The second-order valence-corrected chi connectivity index (χ2v) is 4.96. The molecule has 1 aromatic heterocycles. The van der Waals surface area contributed by atoms with E-state index in [0.29, 0.717) is 5.69 Å². The zero-order valence-electron chi connectivity index (χ0n) is 9.11. The number of H-pyrrole nitrogens is 1. The Bertz CT molecular complexity index is 447. The molecule has 1 rings (SSSR count). The number of aromatic nitrogens is 2. The Balaban J connectivity index is 2.39. The van der Waals surface area contributed by atoms with Crippen LogP contribution in [-0.4, -0.2) is 44.8 Å². The number of ether oxygens (including phenoxy) is 1. The highest BCUT2D eigenvalue weighted by atomic mass is 32.2. The molecule has 0 aliphatic rings. The lowest BCUT2D eigenvalue weighted by molar-refractivity contribution is 0.0199. The van der Waals surface area contributed by atoms with Crippen LogP contribution in [0.1, 0.15) is 5.69 Å². The molecule has 98 valence electrons. The monoisotopic (exact) mass is 269 g/mol. The summed E-state index contributed by atoms with van der Waals surface area (Å²) in [5.74, 6) is 0. The number of halogens is 2. The van der Waals surface area contributed by atoms with Gasteiger partial charge in [-0.2, -0.15) is 5.10 Å². The minimum absolute atomic E-state index is 0.0337. The molecule has 0 aromatic carbocycles. The third kappa shape index (κ3) is 4.36. The largest absolute Gasteiger partial charge is 0.374 e. The van der Waals surface area contributed by atoms with Crippen LogP contribution in [0.15, 0.2) is 11.1 Å². The number of sulfonamides is 1. The van der Waals surface area contributed by atoms with E-state index in [-0.39, 0.29) is 18.0 Å². The number of nitrogens with one attached hydrogen (secondary N) is 2. The number of alkyl halides is 2. The summed E-state index contributed by atoms with van der Waals surface area (Å²) in [4.78, 5) is 0.0337. The van der Waals surface area contributed by atoms with Gasteiger partial charge in [-0.05, 0) is 6.92 Å². The highest BCUT2D eigenvalue weighted by Crippen LogP contribution is 2.09. The van der Waals surface area contributed by atoms with E-state index in [2.05, 4.69) is 19.7 Å². The fourth-order valence-electron chi connectivity index (χ4n) is 1.11. The van der Waals surface area contributed by atoms with Gasteiger partial charge in [0.25, 0.3) is 6.43 Å². The molecule has 0 saturated carbocycles. The van der Waals surface area contributed by atoms with Crippen molar-refractivity contribution in [1.29, 1.82) is 0 Å². The summed E-state index contributed by atoms with van der Waals surface area (Å²) in [7, 11) is -3.66. The van der Waals surface area contributed by atoms with Gasteiger partial charge in [0, 0.05) is 6.54 Å². The van der Waals surface area contributed by atoms with E-state index in [4.69, 9.17) is 0 Å². The molecule has 0 atom stereocenters. The zero-order valence-corrected chi connectivity index (χ0v) is 9.93. The van der Waals surface area contributed by atoms with Gasteiger partial charge in [0.2, 0.25) is 10.0 Å². The Morgan fingerprint density at radius 1 is 1.59 bits per heavy atom. The highest BCUT2D eigenvalue weighted by Gasteiger charge is 2.17. The molecule has 0 radical (unpaired) electrons. The van der Waals surface area contributed by atoms with E-state index in [1.165, 1.54) is 6.20 Å². The van der Waals surface area contributed by atoms with Gasteiger partial charge in [0.15, 0.2) is 0 Å². The molecule has 0 bridgehead atoms. The minimum Gasteiger partial charge on any atom is -0.374 e. The van der Waals surface area contributed by atoms with Gasteiger partial charge in [0.05, 0.1) is 18.5 Å². The van der Waals surface area contributed by atoms with Gasteiger partial charge >= 0.3 is 0 Å². The maximum absolute atomic E-state index is 11.7. The maximum atomic E-state index is 11.7. The average molecular weight is 269 g/mol. The summed E-state index contributed by atoms with van der Waals surface area (Å²) < 4.78 is 53.4. The van der Waals surface area contributed by atoms with Gasteiger partial charge in [0.1, 0.15) is 11.5 Å². The van der Waals surface area contributed by atoms with Crippen molar-refractivity contribution in [3.8, 4) is 0 Å². The molecule has 0 unspecified atom stereocenters. The van der Waals surface area contributed by atoms with Crippen molar-refractivity contribution in [2.24, 2.45) is 0 Å². The molecular formula is C8H13F2N3O3S. The standard InChI is InChI=1S/C8H13F2N3O3S/c1-6-7(4-11-13-6)17(14,15)12-2-3-16-5-8(9)10/h4,8,12H,2-3,5H2,1H3,(H,11,13). The van der Waals surface area contributed by atoms with Gasteiger partial charge in [-0.15, -0.1) is 0 Å². The van der Waals surface area contributed by atoms with Crippen molar-refractivity contribution in [3.63, 3.8) is 0 Å². The fourth-order valence-corrected chi connectivity index (χ4v) is 2.26.